The largest absolute Gasteiger partial charge is 0.388 e. The van der Waals surface area contributed by atoms with Gasteiger partial charge in [0.05, 0.1) is 6.10 Å². The summed E-state index contributed by atoms with van der Waals surface area (Å²) in [5.74, 6) is 1.34. The predicted octanol–water partition coefficient (Wildman–Crippen LogP) is 6.32. The first kappa shape index (κ1) is 19.2. The third-order valence-corrected chi connectivity index (χ3v) is 7.11. The van der Waals surface area contributed by atoms with Gasteiger partial charge in [-0.15, -0.1) is 0 Å². The number of hydrogen-bond acceptors (Lipinski definition) is 1. The van der Waals surface area contributed by atoms with Crippen molar-refractivity contribution in [3.8, 4) is 0 Å². The second kappa shape index (κ2) is 8.93. The standard InChI is InChI=1S/C26H31NO/c1-27-25-18-17-23(24(25)16-11-19-7-3-2-4-8-19)20-12-14-22(15-13-20)26(28)21-9-5-6-10-21/h2-4,7-8,12-15,21,23-26,28H,5-6,9-11,16-18H2. The van der Waals surface area contributed by atoms with Crippen molar-refractivity contribution in [1.82, 2.24) is 0 Å². The number of benzene rings is 2. The van der Waals surface area contributed by atoms with Gasteiger partial charge in [0.15, 0.2) is 0 Å². The van der Waals surface area contributed by atoms with E-state index >= 15 is 0 Å². The zero-order valence-electron chi connectivity index (χ0n) is 16.6. The van der Waals surface area contributed by atoms with Crippen molar-refractivity contribution in [2.45, 2.75) is 69.4 Å². The molecule has 146 valence electrons. The zero-order chi connectivity index (χ0) is 19.3. The fourth-order valence-electron chi connectivity index (χ4n) is 5.48. The van der Waals surface area contributed by atoms with Gasteiger partial charge in [0.1, 0.15) is 0 Å². The molecule has 0 spiro atoms. The highest BCUT2D eigenvalue weighted by Crippen LogP contribution is 2.44. The first-order valence-corrected chi connectivity index (χ1v) is 10.9. The van der Waals surface area contributed by atoms with Crippen molar-refractivity contribution in [2.75, 3.05) is 0 Å². The summed E-state index contributed by atoms with van der Waals surface area (Å²) < 4.78 is 0. The molecule has 2 fully saturated rings. The van der Waals surface area contributed by atoms with E-state index in [1.54, 1.807) is 0 Å². The topological polar surface area (TPSA) is 24.6 Å². The van der Waals surface area contributed by atoms with Gasteiger partial charge in [-0.2, -0.15) is 0 Å². The minimum Gasteiger partial charge on any atom is -0.388 e. The highest BCUT2D eigenvalue weighted by molar-refractivity contribution is 5.29. The lowest BCUT2D eigenvalue weighted by Gasteiger charge is -2.22. The molecule has 4 atom stereocenters. The fraction of sp³-hybridized carbons (Fsp3) is 0.500. The highest BCUT2D eigenvalue weighted by atomic mass is 16.3. The van der Waals surface area contributed by atoms with Crippen LogP contribution in [-0.4, -0.2) is 11.1 Å². The van der Waals surface area contributed by atoms with Crippen LogP contribution in [0.4, 0.5) is 0 Å². The Morgan fingerprint density at radius 3 is 2.32 bits per heavy atom. The van der Waals surface area contributed by atoms with E-state index in [1.807, 2.05) is 0 Å². The molecular formula is C26H31NO. The molecule has 0 aromatic heterocycles. The maximum Gasteiger partial charge on any atom is 0.227 e. The molecule has 0 bridgehead atoms. The monoisotopic (exact) mass is 373 g/mol. The first-order valence-electron chi connectivity index (χ1n) is 10.9. The van der Waals surface area contributed by atoms with Crippen LogP contribution in [0.1, 0.15) is 73.7 Å². The minimum absolute atomic E-state index is 0.150. The van der Waals surface area contributed by atoms with E-state index in [0.29, 0.717) is 17.8 Å². The second-order valence-electron chi connectivity index (χ2n) is 8.72. The van der Waals surface area contributed by atoms with Crippen LogP contribution in [-0.2, 0) is 6.42 Å². The van der Waals surface area contributed by atoms with Crippen LogP contribution in [0.15, 0.2) is 54.6 Å². The summed E-state index contributed by atoms with van der Waals surface area (Å²) >= 11 is 0. The maximum atomic E-state index is 10.7. The summed E-state index contributed by atoms with van der Waals surface area (Å²) in [6.45, 7) is 7.64. The molecule has 0 radical (unpaired) electrons. The molecule has 4 unspecified atom stereocenters. The fourth-order valence-corrected chi connectivity index (χ4v) is 5.48. The van der Waals surface area contributed by atoms with Gasteiger partial charge in [0, 0.05) is 12.3 Å². The molecule has 2 aromatic rings. The second-order valence-corrected chi connectivity index (χ2v) is 8.72. The van der Waals surface area contributed by atoms with Gasteiger partial charge in [-0.05, 0) is 60.6 Å². The van der Waals surface area contributed by atoms with Crippen LogP contribution in [0.2, 0.25) is 0 Å². The van der Waals surface area contributed by atoms with Crippen LogP contribution in [0.3, 0.4) is 0 Å². The van der Waals surface area contributed by atoms with Crippen molar-refractivity contribution in [3.05, 3.63) is 82.7 Å². The third kappa shape index (κ3) is 4.15. The SMILES string of the molecule is [C-]#[N+]C1CCC(c2ccc(C(O)C3CCCC3)cc2)C1CCc1ccccc1. The molecule has 0 amide bonds. The van der Waals surface area contributed by atoms with Gasteiger partial charge in [-0.3, -0.25) is 0 Å². The van der Waals surface area contributed by atoms with Crippen LogP contribution in [0, 0.1) is 18.4 Å². The Labute approximate surface area is 169 Å². The van der Waals surface area contributed by atoms with Crippen molar-refractivity contribution >= 4 is 0 Å². The Kier molecular flexibility index (Phi) is 6.13. The summed E-state index contributed by atoms with van der Waals surface area (Å²) in [5, 5.41) is 10.7. The number of aliphatic hydroxyl groups is 1. The number of rotatable bonds is 6. The Bertz CT molecular complexity index is 785. The molecule has 2 saturated carbocycles. The van der Waals surface area contributed by atoms with E-state index in [9.17, 15) is 5.11 Å². The number of nitrogens with zero attached hydrogens (tertiary/aromatic N) is 1. The van der Waals surface area contributed by atoms with Gasteiger partial charge in [-0.25, -0.2) is 6.57 Å². The van der Waals surface area contributed by atoms with Crippen LogP contribution in [0.25, 0.3) is 4.85 Å². The third-order valence-electron chi connectivity index (χ3n) is 7.11. The van der Waals surface area contributed by atoms with E-state index in [0.717, 1.165) is 44.1 Å². The molecule has 0 heterocycles. The van der Waals surface area contributed by atoms with Gasteiger partial charge in [0.25, 0.3) is 0 Å². The summed E-state index contributed by atoms with van der Waals surface area (Å²) in [6.07, 6.45) is 8.74. The van der Waals surface area contributed by atoms with Gasteiger partial charge in [0.2, 0.25) is 6.04 Å². The van der Waals surface area contributed by atoms with E-state index in [4.69, 9.17) is 6.57 Å². The summed E-state index contributed by atoms with van der Waals surface area (Å²) in [6, 6.07) is 19.5. The average Bonchev–Trinajstić information content (AvgIpc) is 3.42. The number of aryl methyl sites for hydroxylation is 1. The summed E-state index contributed by atoms with van der Waals surface area (Å²) in [4.78, 5) is 3.97. The molecule has 4 rings (SSSR count). The predicted molar refractivity (Wildman–Crippen MR) is 114 cm³/mol. The van der Waals surface area contributed by atoms with E-state index in [1.165, 1.54) is 24.0 Å². The zero-order valence-corrected chi connectivity index (χ0v) is 16.6. The molecular weight excluding hydrogens is 342 g/mol. The molecule has 1 N–H and O–H groups in total. The summed E-state index contributed by atoms with van der Waals surface area (Å²) in [5.41, 5.74) is 3.79. The summed E-state index contributed by atoms with van der Waals surface area (Å²) in [7, 11) is 0. The quantitative estimate of drug-likeness (QED) is 0.588. The lowest BCUT2D eigenvalue weighted by atomic mass is 9.83. The number of hydrogen-bond donors (Lipinski definition) is 1. The van der Waals surface area contributed by atoms with Crippen LogP contribution in [0.5, 0.6) is 0 Å². The lowest BCUT2D eigenvalue weighted by molar-refractivity contribution is 0.111. The number of aliphatic hydroxyl groups excluding tert-OH is 1. The normalized spacial score (nSPS) is 26.2. The van der Waals surface area contributed by atoms with Crippen molar-refractivity contribution in [1.29, 1.82) is 0 Å². The Hall–Kier alpha value is -2.11. The molecule has 0 saturated heterocycles. The average molecular weight is 374 g/mol. The van der Waals surface area contributed by atoms with Gasteiger partial charge in [-0.1, -0.05) is 67.4 Å². The van der Waals surface area contributed by atoms with E-state index in [-0.39, 0.29) is 12.1 Å². The van der Waals surface area contributed by atoms with E-state index in [2.05, 4.69) is 59.4 Å². The minimum atomic E-state index is -0.315. The van der Waals surface area contributed by atoms with Crippen LogP contribution < -0.4 is 0 Å². The van der Waals surface area contributed by atoms with Crippen molar-refractivity contribution < 1.29 is 5.11 Å². The molecule has 2 aliphatic rings. The molecule has 0 aliphatic heterocycles. The van der Waals surface area contributed by atoms with Crippen molar-refractivity contribution in [3.63, 3.8) is 0 Å². The smallest absolute Gasteiger partial charge is 0.227 e. The van der Waals surface area contributed by atoms with E-state index < -0.39 is 0 Å². The Morgan fingerprint density at radius 2 is 1.64 bits per heavy atom. The highest BCUT2D eigenvalue weighted by Gasteiger charge is 2.40. The maximum absolute atomic E-state index is 10.7. The van der Waals surface area contributed by atoms with Crippen LogP contribution >= 0.6 is 0 Å². The van der Waals surface area contributed by atoms with Gasteiger partial charge >= 0.3 is 0 Å². The molecule has 2 aliphatic carbocycles. The van der Waals surface area contributed by atoms with Crippen molar-refractivity contribution in [2.24, 2.45) is 11.8 Å². The first-order chi connectivity index (χ1) is 13.8. The molecule has 28 heavy (non-hydrogen) atoms. The van der Waals surface area contributed by atoms with Gasteiger partial charge < -0.3 is 9.95 Å². The Balaban J connectivity index is 1.46. The molecule has 2 aromatic carbocycles. The molecule has 2 heteroatoms. The molecule has 2 nitrogen and oxygen atoms in total. The lowest BCUT2D eigenvalue weighted by Crippen LogP contribution is -2.17. The Morgan fingerprint density at radius 1 is 0.929 bits per heavy atom.